The molecule has 0 amide bonds. The van der Waals surface area contributed by atoms with Crippen molar-refractivity contribution >= 4 is 15.7 Å². The summed E-state index contributed by atoms with van der Waals surface area (Å²) in [5.74, 6) is 0. The minimum atomic E-state index is -3.52. The molecule has 0 atom stereocenters. The maximum absolute atomic E-state index is 12.5. The highest BCUT2D eigenvalue weighted by molar-refractivity contribution is 7.89. The van der Waals surface area contributed by atoms with E-state index in [0.29, 0.717) is 11.4 Å². The summed E-state index contributed by atoms with van der Waals surface area (Å²) in [6, 6.07) is 7.18. The molecule has 1 aromatic rings. The number of nitrogens with two attached hydrogens (primary N) is 1. The van der Waals surface area contributed by atoms with Gasteiger partial charge in [0.25, 0.3) is 0 Å². The van der Waals surface area contributed by atoms with Crippen LogP contribution in [0.15, 0.2) is 29.2 Å². The van der Waals surface area contributed by atoms with Crippen LogP contribution in [0.5, 0.6) is 0 Å². The average molecular weight is 313 g/mol. The van der Waals surface area contributed by atoms with Gasteiger partial charge in [-0.05, 0) is 52.8 Å². The molecule has 0 aromatic heterocycles. The van der Waals surface area contributed by atoms with Crippen molar-refractivity contribution in [2.24, 2.45) is 5.73 Å². The molecule has 5 nitrogen and oxygen atoms in total. The van der Waals surface area contributed by atoms with E-state index in [1.807, 2.05) is 26.0 Å². The van der Waals surface area contributed by atoms with Gasteiger partial charge in [0.2, 0.25) is 10.0 Å². The van der Waals surface area contributed by atoms with E-state index in [1.54, 1.807) is 12.1 Å². The van der Waals surface area contributed by atoms with Gasteiger partial charge < -0.3 is 10.6 Å². The third-order valence-corrected chi connectivity index (χ3v) is 4.79. The van der Waals surface area contributed by atoms with E-state index < -0.39 is 10.0 Å². The first-order valence-corrected chi connectivity index (χ1v) is 8.86. The van der Waals surface area contributed by atoms with Gasteiger partial charge in [-0.1, -0.05) is 12.1 Å². The van der Waals surface area contributed by atoms with Crippen LogP contribution in [0.1, 0.15) is 34.1 Å². The highest BCUT2D eigenvalue weighted by Crippen LogP contribution is 2.27. The Hall–Kier alpha value is -1.11. The number of benzene rings is 1. The smallest absolute Gasteiger partial charge is 0.242 e. The van der Waals surface area contributed by atoms with Gasteiger partial charge in [0.1, 0.15) is 4.90 Å². The van der Waals surface area contributed by atoms with Crippen LogP contribution in [0.25, 0.3) is 0 Å². The van der Waals surface area contributed by atoms with Gasteiger partial charge in [0, 0.05) is 18.6 Å². The van der Waals surface area contributed by atoms with Crippen molar-refractivity contribution in [3.05, 3.63) is 24.3 Å². The Kier molecular flexibility index (Phi) is 6.64. The van der Waals surface area contributed by atoms with Crippen molar-refractivity contribution < 1.29 is 8.42 Å². The molecule has 0 saturated heterocycles. The highest BCUT2D eigenvalue weighted by Gasteiger charge is 2.23. The monoisotopic (exact) mass is 313 g/mol. The summed E-state index contributed by atoms with van der Waals surface area (Å²) in [6.45, 7) is 9.06. The summed E-state index contributed by atoms with van der Waals surface area (Å²) in [7, 11) is -3.52. The Bertz CT molecular complexity index is 542. The van der Waals surface area contributed by atoms with Crippen molar-refractivity contribution in [2.75, 3.05) is 18.0 Å². The molecule has 0 heterocycles. The second-order valence-electron chi connectivity index (χ2n) is 5.67. The van der Waals surface area contributed by atoms with E-state index in [1.165, 1.54) is 0 Å². The SMILES string of the molecule is CC(C)NS(=O)(=O)c1ccccc1N(CCCN)C(C)C. The predicted octanol–water partition coefficient (Wildman–Crippen LogP) is 1.94. The second kappa shape index (κ2) is 7.77. The number of anilines is 1. The fraction of sp³-hybridized carbons (Fsp3) is 0.600. The van der Waals surface area contributed by atoms with E-state index in [-0.39, 0.29) is 12.1 Å². The second-order valence-corrected chi connectivity index (χ2v) is 7.36. The number of nitrogens with zero attached hydrogens (tertiary/aromatic N) is 1. The lowest BCUT2D eigenvalue weighted by Crippen LogP contribution is -2.36. The summed E-state index contributed by atoms with van der Waals surface area (Å²) in [5, 5.41) is 0. The Morgan fingerprint density at radius 2 is 1.81 bits per heavy atom. The zero-order chi connectivity index (χ0) is 16.0. The van der Waals surface area contributed by atoms with Crippen LogP contribution in [0, 0.1) is 0 Å². The van der Waals surface area contributed by atoms with Crippen molar-refractivity contribution in [3.63, 3.8) is 0 Å². The molecule has 0 aliphatic heterocycles. The van der Waals surface area contributed by atoms with Gasteiger partial charge in [0.15, 0.2) is 0 Å². The summed E-state index contributed by atoms with van der Waals surface area (Å²) in [6.07, 6.45) is 0.824. The Balaban J connectivity index is 3.24. The molecule has 0 unspecified atom stereocenters. The number of hydrogen-bond donors (Lipinski definition) is 2. The van der Waals surface area contributed by atoms with Crippen LogP contribution in [0.4, 0.5) is 5.69 Å². The van der Waals surface area contributed by atoms with E-state index in [4.69, 9.17) is 5.73 Å². The van der Waals surface area contributed by atoms with Gasteiger partial charge in [-0.3, -0.25) is 0 Å². The normalized spacial score (nSPS) is 12.1. The van der Waals surface area contributed by atoms with Crippen molar-refractivity contribution in [1.29, 1.82) is 0 Å². The van der Waals surface area contributed by atoms with Crippen LogP contribution in [0.2, 0.25) is 0 Å². The van der Waals surface area contributed by atoms with Crippen LogP contribution in [-0.4, -0.2) is 33.6 Å². The maximum Gasteiger partial charge on any atom is 0.242 e. The minimum Gasteiger partial charge on any atom is -0.368 e. The number of nitrogens with one attached hydrogen (secondary N) is 1. The lowest BCUT2D eigenvalue weighted by molar-refractivity contribution is 0.568. The summed E-state index contributed by atoms with van der Waals surface area (Å²) in [4.78, 5) is 2.41. The third kappa shape index (κ3) is 4.98. The Labute approximate surface area is 128 Å². The van der Waals surface area contributed by atoms with Gasteiger partial charge in [-0.2, -0.15) is 0 Å². The summed E-state index contributed by atoms with van der Waals surface area (Å²) < 4.78 is 27.7. The molecule has 0 aliphatic rings. The van der Waals surface area contributed by atoms with Crippen molar-refractivity contribution in [1.82, 2.24) is 4.72 Å². The summed E-state index contributed by atoms with van der Waals surface area (Å²) >= 11 is 0. The Morgan fingerprint density at radius 1 is 1.19 bits per heavy atom. The van der Waals surface area contributed by atoms with Gasteiger partial charge in [-0.15, -0.1) is 0 Å². The van der Waals surface area contributed by atoms with E-state index in [0.717, 1.165) is 18.7 Å². The molecule has 3 N–H and O–H groups in total. The largest absolute Gasteiger partial charge is 0.368 e. The molecule has 0 saturated carbocycles. The molecule has 120 valence electrons. The number of hydrogen-bond acceptors (Lipinski definition) is 4. The molecule has 0 radical (unpaired) electrons. The van der Waals surface area contributed by atoms with E-state index >= 15 is 0 Å². The fourth-order valence-corrected chi connectivity index (χ4v) is 3.68. The van der Waals surface area contributed by atoms with Crippen LogP contribution < -0.4 is 15.4 Å². The van der Waals surface area contributed by atoms with Gasteiger partial charge in [0.05, 0.1) is 5.69 Å². The van der Waals surface area contributed by atoms with E-state index in [9.17, 15) is 8.42 Å². The lowest BCUT2D eigenvalue weighted by atomic mass is 10.2. The van der Waals surface area contributed by atoms with Crippen LogP contribution in [-0.2, 0) is 10.0 Å². The molecule has 1 aromatic carbocycles. The topological polar surface area (TPSA) is 75.4 Å². The predicted molar refractivity (Wildman–Crippen MR) is 88.1 cm³/mol. The molecular formula is C15H27N3O2S. The fourth-order valence-electron chi connectivity index (χ4n) is 2.21. The first kappa shape index (κ1) is 17.9. The van der Waals surface area contributed by atoms with Crippen LogP contribution >= 0.6 is 0 Å². The van der Waals surface area contributed by atoms with Gasteiger partial charge in [-0.25, -0.2) is 13.1 Å². The molecule has 6 heteroatoms. The minimum absolute atomic E-state index is 0.139. The first-order valence-electron chi connectivity index (χ1n) is 7.37. The molecular weight excluding hydrogens is 286 g/mol. The number of para-hydroxylation sites is 1. The standard InChI is InChI=1S/C15H27N3O2S/c1-12(2)17-21(19,20)15-9-6-5-8-14(15)18(13(3)4)11-7-10-16/h5-6,8-9,12-13,17H,7,10-11,16H2,1-4H3. The average Bonchev–Trinajstić information content (AvgIpc) is 2.37. The number of rotatable bonds is 8. The van der Waals surface area contributed by atoms with Gasteiger partial charge >= 0.3 is 0 Å². The van der Waals surface area contributed by atoms with Crippen molar-refractivity contribution in [3.8, 4) is 0 Å². The molecule has 1 rings (SSSR count). The molecule has 0 fully saturated rings. The quantitative estimate of drug-likeness (QED) is 0.769. The lowest BCUT2D eigenvalue weighted by Gasteiger charge is -2.30. The van der Waals surface area contributed by atoms with Crippen molar-refractivity contribution in [2.45, 2.75) is 51.1 Å². The third-order valence-electron chi connectivity index (χ3n) is 3.08. The Morgan fingerprint density at radius 3 is 2.33 bits per heavy atom. The van der Waals surface area contributed by atoms with E-state index in [2.05, 4.69) is 23.5 Å². The molecule has 0 aliphatic carbocycles. The zero-order valence-corrected chi connectivity index (χ0v) is 14.2. The first-order chi connectivity index (χ1) is 9.79. The summed E-state index contributed by atoms with van der Waals surface area (Å²) in [5.41, 5.74) is 6.32. The molecule has 0 bridgehead atoms. The zero-order valence-electron chi connectivity index (χ0n) is 13.3. The molecule has 0 spiro atoms. The molecule has 21 heavy (non-hydrogen) atoms. The highest BCUT2D eigenvalue weighted by atomic mass is 32.2. The maximum atomic E-state index is 12.5. The van der Waals surface area contributed by atoms with Crippen LogP contribution in [0.3, 0.4) is 0 Å². The number of sulfonamides is 1.